The molecule has 0 aliphatic heterocycles. The molecule has 0 amide bonds. The van der Waals surface area contributed by atoms with Crippen molar-refractivity contribution in [2.45, 2.75) is 13.1 Å². The number of anilines is 1. The van der Waals surface area contributed by atoms with Gasteiger partial charge in [0.1, 0.15) is 17.3 Å². The zero-order chi connectivity index (χ0) is 25.8. The van der Waals surface area contributed by atoms with Crippen molar-refractivity contribution in [3.63, 3.8) is 0 Å². The molecule has 8 nitrogen and oxygen atoms in total. The van der Waals surface area contributed by atoms with Gasteiger partial charge < -0.3 is 14.6 Å². The number of rotatable bonds is 8. The third kappa shape index (κ3) is 5.32. The summed E-state index contributed by atoms with van der Waals surface area (Å²) < 4.78 is 8.94. The number of carbonyl (C=O) groups is 1. The highest BCUT2D eigenvalue weighted by atomic mass is 35.5. The number of para-hydroxylation sites is 1. The highest BCUT2D eigenvalue weighted by Crippen LogP contribution is 2.26. The number of nitrogens with one attached hydrogen (secondary N) is 1. The molecule has 0 aliphatic rings. The van der Waals surface area contributed by atoms with E-state index in [1.54, 1.807) is 65.6 Å². The molecule has 1 N–H and O–H groups in total. The molecular formula is C27H22ClN5O3S. The van der Waals surface area contributed by atoms with E-state index in [1.807, 2.05) is 24.3 Å². The maximum Gasteiger partial charge on any atom is 0.283 e. The summed E-state index contributed by atoms with van der Waals surface area (Å²) >= 11 is 7.52. The summed E-state index contributed by atoms with van der Waals surface area (Å²) in [5, 5.41) is 7.83. The molecule has 0 saturated carbocycles. The SMILES string of the molecule is COc1ccccc1C(=O)n1nc(-c2cccn(Cc3ccncc3)c2=O)cc1NCc1ccc(Cl)s1. The first-order valence-corrected chi connectivity index (χ1v) is 12.6. The number of carbonyl (C=O) groups excluding carboxylic acids is 1. The molecule has 5 aromatic rings. The second-order valence-electron chi connectivity index (χ2n) is 8.10. The molecule has 0 unspecified atom stereocenters. The van der Waals surface area contributed by atoms with Crippen LogP contribution >= 0.6 is 22.9 Å². The summed E-state index contributed by atoms with van der Waals surface area (Å²) in [6.45, 7) is 0.823. The highest BCUT2D eigenvalue weighted by Gasteiger charge is 2.21. The van der Waals surface area contributed by atoms with Crippen molar-refractivity contribution < 1.29 is 9.53 Å². The predicted molar refractivity (Wildman–Crippen MR) is 145 cm³/mol. The van der Waals surface area contributed by atoms with Crippen molar-refractivity contribution in [2.75, 3.05) is 12.4 Å². The van der Waals surface area contributed by atoms with Gasteiger partial charge in [-0.3, -0.25) is 14.6 Å². The number of halogens is 1. The van der Waals surface area contributed by atoms with Crippen LogP contribution in [-0.2, 0) is 13.1 Å². The Kier molecular flexibility index (Phi) is 7.16. The Morgan fingerprint density at radius 3 is 2.65 bits per heavy atom. The Morgan fingerprint density at radius 1 is 1.08 bits per heavy atom. The number of hydrogen-bond donors (Lipinski definition) is 1. The van der Waals surface area contributed by atoms with Gasteiger partial charge >= 0.3 is 0 Å². The van der Waals surface area contributed by atoms with Crippen LogP contribution in [0.25, 0.3) is 11.3 Å². The topological polar surface area (TPSA) is 91.0 Å². The van der Waals surface area contributed by atoms with Crippen LogP contribution in [0.2, 0.25) is 4.34 Å². The van der Waals surface area contributed by atoms with Gasteiger partial charge in [-0.05, 0) is 54.1 Å². The number of aromatic nitrogens is 4. The number of ether oxygens (including phenoxy) is 1. The summed E-state index contributed by atoms with van der Waals surface area (Å²) in [6.07, 6.45) is 5.10. The Hall–Kier alpha value is -4.21. The van der Waals surface area contributed by atoms with Crippen molar-refractivity contribution in [3.05, 3.63) is 116 Å². The standard InChI is InChI=1S/C27H22ClN5O3S/c1-36-23-7-3-2-5-21(23)27(35)33-25(30-16-19-8-9-24(28)37-19)15-22(31-33)20-6-4-14-32(26(20)34)17-18-10-12-29-13-11-18/h2-15,30H,16-17H2,1H3. The number of pyridine rings is 2. The fourth-order valence-electron chi connectivity index (χ4n) is 3.89. The van der Waals surface area contributed by atoms with Gasteiger partial charge in [0.15, 0.2) is 0 Å². The molecule has 0 radical (unpaired) electrons. The predicted octanol–water partition coefficient (Wildman–Crippen LogP) is 5.18. The zero-order valence-electron chi connectivity index (χ0n) is 19.8. The molecule has 0 spiro atoms. The van der Waals surface area contributed by atoms with Gasteiger partial charge in [0.05, 0.1) is 35.7 Å². The van der Waals surface area contributed by atoms with Crippen LogP contribution in [0.15, 0.2) is 90.1 Å². The molecule has 37 heavy (non-hydrogen) atoms. The van der Waals surface area contributed by atoms with Crippen molar-refractivity contribution in [1.29, 1.82) is 0 Å². The van der Waals surface area contributed by atoms with E-state index in [1.165, 1.54) is 23.1 Å². The molecule has 5 rings (SSSR count). The minimum atomic E-state index is -0.386. The molecule has 0 fully saturated rings. The number of nitrogens with zero attached hydrogens (tertiary/aromatic N) is 4. The van der Waals surface area contributed by atoms with Crippen LogP contribution in [-0.4, -0.2) is 32.3 Å². The largest absolute Gasteiger partial charge is 0.496 e. The van der Waals surface area contributed by atoms with Crippen LogP contribution in [0.1, 0.15) is 20.8 Å². The van der Waals surface area contributed by atoms with E-state index in [-0.39, 0.29) is 11.5 Å². The molecule has 1 aromatic carbocycles. The summed E-state index contributed by atoms with van der Waals surface area (Å²) in [5.41, 5.74) is 1.84. The minimum Gasteiger partial charge on any atom is -0.496 e. The molecule has 0 bridgehead atoms. The van der Waals surface area contributed by atoms with E-state index in [0.29, 0.717) is 45.8 Å². The molecular weight excluding hydrogens is 510 g/mol. The van der Waals surface area contributed by atoms with E-state index >= 15 is 0 Å². The summed E-state index contributed by atoms with van der Waals surface area (Å²) in [4.78, 5) is 32.0. The third-order valence-electron chi connectivity index (χ3n) is 5.71. The first-order chi connectivity index (χ1) is 18.0. The first-order valence-electron chi connectivity index (χ1n) is 11.4. The van der Waals surface area contributed by atoms with Gasteiger partial charge in [0, 0.05) is 29.5 Å². The lowest BCUT2D eigenvalue weighted by atomic mass is 10.2. The molecule has 4 aromatic heterocycles. The lowest BCUT2D eigenvalue weighted by molar-refractivity contribution is 0.0945. The monoisotopic (exact) mass is 531 g/mol. The average Bonchev–Trinajstić information content (AvgIpc) is 3.54. The van der Waals surface area contributed by atoms with Gasteiger partial charge in [-0.2, -0.15) is 9.78 Å². The maximum absolute atomic E-state index is 13.6. The van der Waals surface area contributed by atoms with E-state index in [4.69, 9.17) is 16.3 Å². The third-order valence-corrected chi connectivity index (χ3v) is 6.94. The van der Waals surface area contributed by atoms with Crippen molar-refractivity contribution >= 4 is 34.7 Å². The zero-order valence-corrected chi connectivity index (χ0v) is 21.4. The van der Waals surface area contributed by atoms with Crippen molar-refractivity contribution in [2.24, 2.45) is 0 Å². The maximum atomic E-state index is 13.6. The average molecular weight is 532 g/mol. The highest BCUT2D eigenvalue weighted by molar-refractivity contribution is 7.16. The fourth-order valence-corrected chi connectivity index (χ4v) is 4.92. The molecule has 0 saturated heterocycles. The van der Waals surface area contributed by atoms with E-state index in [0.717, 1.165) is 10.4 Å². The fraction of sp³-hybridized carbons (Fsp3) is 0.111. The van der Waals surface area contributed by atoms with E-state index in [2.05, 4.69) is 15.4 Å². The second kappa shape index (κ2) is 10.8. The number of thiophene rings is 1. The number of methoxy groups -OCH3 is 1. The smallest absolute Gasteiger partial charge is 0.283 e. The number of benzene rings is 1. The summed E-state index contributed by atoms with van der Waals surface area (Å²) in [7, 11) is 1.51. The first kappa shape index (κ1) is 24.5. The molecule has 186 valence electrons. The van der Waals surface area contributed by atoms with Crippen LogP contribution in [0, 0.1) is 0 Å². The quantitative estimate of drug-likeness (QED) is 0.297. The van der Waals surface area contributed by atoms with Gasteiger partial charge in [0.2, 0.25) is 0 Å². The molecule has 0 atom stereocenters. The lowest BCUT2D eigenvalue weighted by Gasteiger charge is -2.10. The van der Waals surface area contributed by atoms with Gasteiger partial charge in [-0.15, -0.1) is 11.3 Å². The Morgan fingerprint density at radius 2 is 1.89 bits per heavy atom. The van der Waals surface area contributed by atoms with Crippen molar-refractivity contribution in [1.82, 2.24) is 19.3 Å². The normalized spacial score (nSPS) is 10.9. The van der Waals surface area contributed by atoms with Crippen LogP contribution in [0.5, 0.6) is 5.75 Å². The van der Waals surface area contributed by atoms with E-state index in [9.17, 15) is 9.59 Å². The Balaban J connectivity index is 1.54. The van der Waals surface area contributed by atoms with Crippen LogP contribution in [0.3, 0.4) is 0 Å². The van der Waals surface area contributed by atoms with Gasteiger partial charge in [0.25, 0.3) is 11.5 Å². The Bertz CT molecular complexity index is 1610. The van der Waals surface area contributed by atoms with Gasteiger partial charge in [-0.25, -0.2) is 0 Å². The molecule has 0 aliphatic carbocycles. The summed E-state index contributed by atoms with van der Waals surface area (Å²) in [6, 6.07) is 19.6. The second-order valence-corrected chi connectivity index (χ2v) is 9.90. The van der Waals surface area contributed by atoms with E-state index < -0.39 is 0 Å². The summed E-state index contributed by atoms with van der Waals surface area (Å²) in [5.74, 6) is 0.489. The van der Waals surface area contributed by atoms with Crippen molar-refractivity contribution in [3.8, 4) is 17.0 Å². The molecule has 4 heterocycles. The van der Waals surface area contributed by atoms with Crippen LogP contribution < -0.4 is 15.6 Å². The van der Waals surface area contributed by atoms with Crippen LogP contribution in [0.4, 0.5) is 5.82 Å². The molecule has 10 heteroatoms. The Labute approximate surface area is 221 Å². The van der Waals surface area contributed by atoms with Gasteiger partial charge in [-0.1, -0.05) is 23.7 Å². The lowest BCUT2D eigenvalue weighted by Crippen LogP contribution is -2.22. The minimum absolute atomic E-state index is 0.217. The number of hydrogen-bond acceptors (Lipinski definition) is 7.